The molecule has 36 heavy (non-hydrogen) atoms. The first kappa shape index (κ1) is 30.6. The van der Waals surface area contributed by atoms with Gasteiger partial charge in [-0.25, -0.2) is 13.2 Å². The standard InChI is InChI=1S/C14H20FNO.C8H10FN.C7H5FO/c1-5-14(2,3)13(17)16(4)10-11-6-8-12(15)9-7-11;1-10-6-7-2-4-8(9)5-3-7;8-7-3-1-6(5-9)2-4-7/h6-9H,5,10H2,1-4H3;2-5,10H,6H2,1H3;1-5H. The number of rotatable bonds is 7. The monoisotopic (exact) mass is 500 g/mol. The second kappa shape index (κ2) is 15.5. The molecule has 1 N–H and O–H groups in total. The quantitative estimate of drug-likeness (QED) is 0.382. The van der Waals surface area contributed by atoms with Gasteiger partial charge >= 0.3 is 0 Å². The van der Waals surface area contributed by atoms with E-state index in [1.54, 1.807) is 36.2 Å². The fraction of sp³-hybridized carbons (Fsp3) is 0.310. The Hall–Kier alpha value is -3.45. The molecule has 0 spiro atoms. The largest absolute Gasteiger partial charge is 0.341 e. The minimum atomic E-state index is -0.339. The highest BCUT2D eigenvalue weighted by atomic mass is 19.1. The van der Waals surface area contributed by atoms with Gasteiger partial charge in [-0.3, -0.25) is 9.59 Å². The van der Waals surface area contributed by atoms with E-state index < -0.39 is 0 Å². The fourth-order valence-corrected chi connectivity index (χ4v) is 2.95. The van der Waals surface area contributed by atoms with Crippen molar-refractivity contribution in [1.82, 2.24) is 10.2 Å². The minimum absolute atomic E-state index is 0.115. The molecule has 0 fully saturated rings. The molecule has 0 saturated carbocycles. The Bertz CT molecular complexity index is 1050. The van der Waals surface area contributed by atoms with E-state index in [9.17, 15) is 22.8 Å². The van der Waals surface area contributed by atoms with Crippen molar-refractivity contribution in [3.63, 3.8) is 0 Å². The van der Waals surface area contributed by atoms with Crippen LogP contribution in [0.3, 0.4) is 0 Å². The topological polar surface area (TPSA) is 49.4 Å². The summed E-state index contributed by atoms with van der Waals surface area (Å²) in [5, 5.41) is 2.98. The molecule has 194 valence electrons. The predicted molar refractivity (Wildman–Crippen MR) is 138 cm³/mol. The van der Waals surface area contributed by atoms with E-state index in [4.69, 9.17) is 0 Å². The van der Waals surface area contributed by atoms with Crippen molar-refractivity contribution in [2.75, 3.05) is 14.1 Å². The van der Waals surface area contributed by atoms with Crippen LogP contribution in [0, 0.1) is 22.9 Å². The fourth-order valence-electron chi connectivity index (χ4n) is 2.95. The molecule has 0 aliphatic heterocycles. The molecule has 7 heteroatoms. The van der Waals surface area contributed by atoms with Gasteiger partial charge in [0.2, 0.25) is 5.91 Å². The van der Waals surface area contributed by atoms with Crippen molar-refractivity contribution >= 4 is 12.2 Å². The zero-order valence-corrected chi connectivity index (χ0v) is 21.5. The number of hydrogen-bond donors (Lipinski definition) is 1. The second-order valence-electron chi connectivity index (χ2n) is 8.85. The van der Waals surface area contributed by atoms with Crippen LogP contribution in [-0.4, -0.2) is 31.2 Å². The third-order valence-corrected chi connectivity index (χ3v) is 5.44. The molecule has 0 saturated heterocycles. The van der Waals surface area contributed by atoms with Crippen molar-refractivity contribution in [3.8, 4) is 0 Å². The highest BCUT2D eigenvalue weighted by Gasteiger charge is 2.28. The van der Waals surface area contributed by atoms with Crippen LogP contribution in [0.15, 0.2) is 72.8 Å². The number of amides is 1. The number of nitrogens with zero attached hydrogens (tertiary/aromatic N) is 1. The van der Waals surface area contributed by atoms with Gasteiger partial charge < -0.3 is 10.2 Å². The lowest BCUT2D eigenvalue weighted by molar-refractivity contribution is -0.139. The summed E-state index contributed by atoms with van der Waals surface area (Å²) in [6.45, 7) is 7.19. The van der Waals surface area contributed by atoms with E-state index in [2.05, 4.69) is 5.32 Å². The molecule has 0 heterocycles. The average Bonchev–Trinajstić information content (AvgIpc) is 2.87. The number of aldehydes is 1. The van der Waals surface area contributed by atoms with Gasteiger partial charge in [0.15, 0.2) is 0 Å². The summed E-state index contributed by atoms with van der Waals surface area (Å²) < 4.78 is 37.2. The maximum absolute atomic E-state index is 12.7. The van der Waals surface area contributed by atoms with E-state index in [1.165, 1.54) is 48.5 Å². The summed E-state index contributed by atoms with van der Waals surface area (Å²) in [6, 6.07) is 18.1. The molecule has 0 unspecified atom stereocenters. The number of benzene rings is 3. The van der Waals surface area contributed by atoms with Crippen LogP contribution < -0.4 is 5.32 Å². The van der Waals surface area contributed by atoms with E-state index in [-0.39, 0.29) is 28.8 Å². The Labute approximate surface area is 212 Å². The van der Waals surface area contributed by atoms with E-state index in [0.717, 1.165) is 24.1 Å². The number of halogens is 3. The lowest BCUT2D eigenvalue weighted by Crippen LogP contribution is -2.37. The van der Waals surface area contributed by atoms with Crippen molar-refractivity contribution in [2.45, 2.75) is 40.3 Å². The van der Waals surface area contributed by atoms with Gasteiger partial charge in [0.25, 0.3) is 0 Å². The zero-order valence-electron chi connectivity index (χ0n) is 21.5. The maximum atomic E-state index is 12.7. The molecule has 3 aromatic rings. The molecule has 4 nitrogen and oxygen atoms in total. The average molecular weight is 501 g/mol. The molecule has 0 radical (unpaired) electrons. The number of hydrogen-bond acceptors (Lipinski definition) is 3. The lowest BCUT2D eigenvalue weighted by Gasteiger charge is -2.28. The second-order valence-corrected chi connectivity index (χ2v) is 8.85. The smallest absolute Gasteiger partial charge is 0.228 e. The van der Waals surface area contributed by atoms with Crippen molar-refractivity contribution < 1.29 is 22.8 Å². The minimum Gasteiger partial charge on any atom is -0.341 e. The SMILES string of the molecule is CCC(C)(C)C(=O)N(C)Cc1ccc(F)cc1.CNCc1ccc(F)cc1.O=Cc1ccc(F)cc1. The van der Waals surface area contributed by atoms with E-state index in [1.807, 2.05) is 27.8 Å². The summed E-state index contributed by atoms with van der Waals surface area (Å²) in [4.78, 5) is 23.8. The first-order valence-electron chi connectivity index (χ1n) is 11.6. The predicted octanol–water partition coefficient (Wildman–Crippen LogP) is 6.40. The Morgan fingerprint density at radius 3 is 1.64 bits per heavy atom. The molecule has 1 amide bonds. The highest BCUT2D eigenvalue weighted by molar-refractivity contribution is 5.81. The number of carbonyl (C=O) groups excluding carboxylic acids is 2. The van der Waals surface area contributed by atoms with Gasteiger partial charge in [-0.1, -0.05) is 45.0 Å². The van der Waals surface area contributed by atoms with Gasteiger partial charge in [0.05, 0.1) is 0 Å². The molecule has 3 aromatic carbocycles. The summed E-state index contributed by atoms with van der Waals surface area (Å²) in [5.74, 6) is -0.638. The summed E-state index contributed by atoms with van der Waals surface area (Å²) >= 11 is 0. The van der Waals surface area contributed by atoms with E-state index >= 15 is 0 Å². The summed E-state index contributed by atoms with van der Waals surface area (Å²) in [5.41, 5.74) is 2.20. The number of nitrogens with one attached hydrogen (secondary N) is 1. The van der Waals surface area contributed by atoms with Gasteiger partial charge in [-0.2, -0.15) is 0 Å². The molecule has 0 aromatic heterocycles. The normalized spacial score (nSPS) is 10.3. The Morgan fingerprint density at radius 2 is 1.25 bits per heavy atom. The maximum Gasteiger partial charge on any atom is 0.228 e. The van der Waals surface area contributed by atoms with Crippen LogP contribution in [0.1, 0.15) is 48.7 Å². The van der Waals surface area contributed by atoms with Gasteiger partial charge in [-0.15, -0.1) is 0 Å². The van der Waals surface area contributed by atoms with Crippen LogP contribution in [0.2, 0.25) is 0 Å². The third-order valence-electron chi connectivity index (χ3n) is 5.44. The molecule has 0 bridgehead atoms. The molecular weight excluding hydrogens is 465 g/mol. The van der Waals surface area contributed by atoms with Crippen LogP contribution in [0.4, 0.5) is 13.2 Å². The van der Waals surface area contributed by atoms with Gasteiger partial charge in [0, 0.05) is 31.1 Å². The van der Waals surface area contributed by atoms with Crippen LogP contribution >= 0.6 is 0 Å². The summed E-state index contributed by atoms with van der Waals surface area (Å²) in [7, 11) is 3.65. The van der Waals surface area contributed by atoms with Crippen molar-refractivity contribution in [1.29, 1.82) is 0 Å². The summed E-state index contributed by atoms with van der Waals surface area (Å²) in [6.07, 6.45) is 1.49. The van der Waals surface area contributed by atoms with Crippen LogP contribution in [0.25, 0.3) is 0 Å². The lowest BCUT2D eigenvalue weighted by atomic mass is 9.88. The Kier molecular flexibility index (Phi) is 13.2. The van der Waals surface area contributed by atoms with Crippen LogP contribution in [-0.2, 0) is 17.9 Å². The Balaban J connectivity index is 0.000000290. The van der Waals surface area contributed by atoms with Crippen molar-refractivity contribution in [3.05, 3.63) is 107 Å². The molecular formula is C29H35F3N2O2. The number of carbonyl (C=O) groups is 2. The third kappa shape index (κ3) is 11.3. The highest BCUT2D eigenvalue weighted by Crippen LogP contribution is 2.23. The van der Waals surface area contributed by atoms with Gasteiger partial charge in [-0.05, 0) is 73.1 Å². The van der Waals surface area contributed by atoms with Crippen molar-refractivity contribution in [2.24, 2.45) is 5.41 Å². The van der Waals surface area contributed by atoms with Crippen LogP contribution in [0.5, 0.6) is 0 Å². The first-order chi connectivity index (χ1) is 17.0. The molecule has 0 aliphatic carbocycles. The molecule has 3 rings (SSSR count). The van der Waals surface area contributed by atoms with Gasteiger partial charge in [0.1, 0.15) is 23.7 Å². The zero-order chi connectivity index (χ0) is 27.1. The molecule has 0 atom stereocenters. The first-order valence-corrected chi connectivity index (χ1v) is 11.6. The molecule has 0 aliphatic rings. The van der Waals surface area contributed by atoms with E-state index in [0.29, 0.717) is 18.4 Å². The Morgan fingerprint density at radius 1 is 0.833 bits per heavy atom.